The van der Waals surface area contributed by atoms with Gasteiger partial charge < -0.3 is 24.4 Å². The molecular weight excluding hydrogens is 584 g/mol. The highest BCUT2D eigenvalue weighted by atomic mass is 16.5. The Balaban J connectivity index is 1.50. The first kappa shape index (κ1) is 29.0. The number of nitrogens with zero attached hydrogens (tertiary/aromatic N) is 1. The Labute approximate surface area is 265 Å². The van der Waals surface area contributed by atoms with Crippen LogP contribution in [-0.4, -0.2) is 49.7 Å². The first-order valence-electron chi connectivity index (χ1n) is 14.8. The van der Waals surface area contributed by atoms with Gasteiger partial charge in [0.15, 0.2) is 11.6 Å². The van der Waals surface area contributed by atoms with E-state index in [2.05, 4.69) is 5.32 Å². The Morgan fingerprint density at radius 1 is 0.826 bits per heavy atom. The molecule has 0 aliphatic carbocycles. The van der Waals surface area contributed by atoms with Crippen molar-refractivity contribution in [3.8, 4) is 17.2 Å². The van der Waals surface area contributed by atoms with E-state index in [1.807, 2.05) is 65.6 Å². The van der Waals surface area contributed by atoms with Crippen molar-refractivity contribution in [2.75, 3.05) is 24.4 Å². The van der Waals surface area contributed by atoms with Crippen molar-refractivity contribution in [1.29, 1.82) is 0 Å². The van der Waals surface area contributed by atoms with Gasteiger partial charge in [0.05, 0.1) is 31.7 Å². The van der Waals surface area contributed by atoms with Crippen molar-refractivity contribution >= 4 is 40.9 Å². The molecule has 46 heavy (non-hydrogen) atoms. The smallest absolute Gasteiger partial charge is 0.308 e. The number of benzene rings is 4. The average molecular weight is 615 g/mol. The molecule has 7 rings (SSSR count). The lowest BCUT2D eigenvalue weighted by Gasteiger charge is -2.37. The molecule has 3 heterocycles. The number of para-hydroxylation sites is 2. The predicted octanol–water partition coefficient (Wildman–Crippen LogP) is 5.49. The summed E-state index contributed by atoms with van der Waals surface area (Å²) in [4.78, 5) is 58.2. The van der Waals surface area contributed by atoms with Gasteiger partial charge in [0.25, 0.3) is 0 Å². The lowest BCUT2D eigenvalue weighted by Crippen LogP contribution is -2.51. The van der Waals surface area contributed by atoms with Gasteiger partial charge in [-0.2, -0.15) is 0 Å². The molecule has 1 fully saturated rings. The molecule has 1 amide bonds. The molecule has 1 N–H and O–H groups in total. The topological polar surface area (TPSA) is 111 Å². The summed E-state index contributed by atoms with van der Waals surface area (Å²) in [5, 5.41) is 3.03. The minimum atomic E-state index is -1.48. The molecule has 0 unspecified atom stereocenters. The number of anilines is 2. The fourth-order valence-electron chi connectivity index (χ4n) is 7.32. The monoisotopic (exact) mass is 614 g/mol. The lowest BCUT2D eigenvalue weighted by molar-refractivity contribution is -0.131. The Kier molecular flexibility index (Phi) is 6.96. The molecule has 1 spiro atoms. The summed E-state index contributed by atoms with van der Waals surface area (Å²) in [7, 11) is 2.97. The van der Waals surface area contributed by atoms with Crippen LogP contribution in [0.2, 0.25) is 0 Å². The van der Waals surface area contributed by atoms with Crippen molar-refractivity contribution in [2.24, 2.45) is 5.92 Å². The fraction of sp³-hybridized carbons (Fsp3) is 0.189. The lowest BCUT2D eigenvalue weighted by atomic mass is 9.64. The van der Waals surface area contributed by atoms with Crippen LogP contribution in [0.3, 0.4) is 0 Å². The summed E-state index contributed by atoms with van der Waals surface area (Å²) in [6.07, 6.45) is 3.87. The molecular formula is C37H30N2O7. The second kappa shape index (κ2) is 11.0. The minimum absolute atomic E-state index is 0.198. The second-order valence-corrected chi connectivity index (χ2v) is 11.5. The minimum Gasteiger partial charge on any atom is -0.497 e. The highest BCUT2D eigenvalue weighted by Gasteiger charge is 2.70. The third kappa shape index (κ3) is 4.23. The van der Waals surface area contributed by atoms with Crippen LogP contribution in [0.4, 0.5) is 11.4 Å². The third-order valence-corrected chi connectivity index (χ3v) is 9.17. The van der Waals surface area contributed by atoms with Crippen LogP contribution in [0.25, 0.3) is 6.08 Å². The predicted molar refractivity (Wildman–Crippen MR) is 172 cm³/mol. The summed E-state index contributed by atoms with van der Waals surface area (Å²) >= 11 is 0. The molecule has 3 aliphatic rings. The van der Waals surface area contributed by atoms with Crippen molar-refractivity contribution in [3.05, 3.63) is 119 Å². The number of methoxy groups -OCH3 is 2. The van der Waals surface area contributed by atoms with Crippen molar-refractivity contribution in [2.45, 2.75) is 24.4 Å². The summed E-state index contributed by atoms with van der Waals surface area (Å²) in [6, 6.07) is 24.3. The molecule has 0 saturated carbocycles. The second-order valence-electron chi connectivity index (χ2n) is 11.5. The van der Waals surface area contributed by atoms with E-state index in [0.717, 1.165) is 11.3 Å². The summed E-state index contributed by atoms with van der Waals surface area (Å²) in [6.45, 7) is 1.30. The SMILES string of the molecule is COc1ccc(OC)c(C(=O)[C@@H]2[C@H](C(=O)c3ccc(OC(C)=O)cc3)N3c4ccccc4C=C[C@@H]3[C@]23C(=O)Nc2ccccc23)c1. The van der Waals surface area contributed by atoms with Crippen molar-refractivity contribution in [3.63, 3.8) is 0 Å². The number of fused-ring (bicyclic) bond motifs is 6. The van der Waals surface area contributed by atoms with Crippen LogP contribution >= 0.6 is 0 Å². The van der Waals surface area contributed by atoms with E-state index in [1.54, 1.807) is 42.5 Å². The molecule has 1 saturated heterocycles. The molecule has 9 heteroatoms. The van der Waals surface area contributed by atoms with E-state index in [9.17, 15) is 14.4 Å². The molecule has 9 nitrogen and oxygen atoms in total. The van der Waals surface area contributed by atoms with Gasteiger partial charge in [-0.25, -0.2) is 0 Å². The number of nitrogens with one attached hydrogen (secondary N) is 1. The Bertz CT molecular complexity index is 1950. The number of esters is 1. The van der Waals surface area contributed by atoms with Gasteiger partial charge in [0, 0.05) is 23.9 Å². The number of rotatable bonds is 7. The van der Waals surface area contributed by atoms with Crippen LogP contribution in [0.5, 0.6) is 17.2 Å². The van der Waals surface area contributed by atoms with Gasteiger partial charge in [-0.05, 0) is 65.7 Å². The van der Waals surface area contributed by atoms with Crippen LogP contribution in [0.15, 0.2) is 97.1 Å². The zero-order chi connectivity index (χ0) is 32.2. The van der Waals surface area contributed by atoms with Crippen molar-refractivity contribution in [1.82, 2.24) is 0 Å². The average Bonchev–Trinajstić information content (AvgIpc) is 3.56. The summed E-state index contributed by atoms with van der Waals surface area (Å²) in [5.41, 5.74) is 1.83. The van der Waals surface area contributed by atoms with Crippen LogP contribution in [0.1, 0.15) is 38.8 Å². The largest absolute Gasteiger partial charge is 0.497 e. The van der Waals surface area contributed by atoms with E-state index < -0.39 is 35.2 Å². The summed E-state index contributed by atoms with van der Waals surface area (Å²) < 4.78 is 16.3. The molecule has 3 aliphatic heterocycles. The zero-order valence-corrected chi connectivity index (χ0v) is 25.4. The van der Waals surface area contributed by atoms with Gasteiger partial charge in [0.2, 0.25) is 5.91 Å². The van der Waals surface area contributed by atoms with E-state index in [4.69, 9.17) is 14.2 Å². The van der Waals surface area contributed by atoms with E-state index >= 15 is 4.79 Å². The maximum Gasteiger partial charge on any atom is 0.308 e. The quantitative estimate of drug-likeness (QED) is 0.165. The van der Waals surface area contributed by atoms with Crippen LogP contribution in [0, 0.1) is 5.92 Å². The highest BCUT2D eigenvalue weighted by molar-refractivity contribution is 6.19. The number of amides is 1. The Hall–Kier alpha value is -5.70. The van der Waals surface area contributed by atoms with Gasteiger partial charge in [0.1, 0.15) is 28.7 Å². The number of hydrogen-bond acceptors (Lipinski definition) is 8. The number of ketones is 2. The van der Waals surface area contributed by atoms with Gasteiger partial charge in [-0.3, -0.25) is 19.2 Å². The van der Waals surface area contributed by atoms with Crippen LogP contribution in [-0.2, 0) is 15.0 Å². The standard InChI is InChI=1S/C37H30N2O7/c1-21(40)46-24-15-12-23(13-16-24)34(41)33-32(35(42)26-20-25(44-2)17-18-30(26)45-3)37(27-9-5-6-10-28(27)38-36(37)43)31-19-14-22-8-4-7-11-29(22)39(31)33/h4-20,31-33H,1-3H3,(H,38,43)/t31-,32+,33-,37+/m1/s1. The van der Waals surface area contributed by atoms with Crippen LogP contribution < -0.4 is 24.4 Å². The first-order valence-corrected chi connectivity index (χ1v) is 14.8. The summed E-state index contributed by atoms with van der Waals surface area (Å²) in [5.74, 6) is -1.83. The maximum atomic E-state index is 15.2. The normalized spacial score (nSPS) is 22.0. The van der Waals surface area contributed by atoms with E-state index in [-0.39, 0.29) is 23.0 Å². The molecule has 0 aromatic heterocycles. The number of ether oxygens (including phenoxy) is 3. The maximum absolute atomic E-state index is 15.2. The highest BCUT2D eigenvalue weighted by Crippen LogP contribution is 2.58. The first-order chi connectivity index (χ1) is 22.3. The number of carbonyl (C=O) groups excluding carboxylic acids is 4. The third-order valence-electron chi connectivity index (χ3n) is 9.17. The van der Waals surface area contributed by atoms with Gasteiger partial charge >= 0.3 is 5.97 Å². The molecule has 4 aromatic carbocycles. The Morgan fingerprint density at radius 2 is 1.54 bits per heavy atom. The fourth-order valence-corrected chi connectivity index (χ4v) is 7.32. The number of carbonyl (C=O) groups is 4. The van der Waals surface area contributed by atoms with Crippen molar-refractivity contribution < 1.29 is 33.4 Å². The molecule has 4 atom stereocenters. The molecule has 0 bridgehead atoms. The van der Waals surface area contributed by atoms with Gasteiger partial charge in [-0.15, -0.1) is 0 Å². The molecule has 0 radical (unpaired) electrons. The number of Topliss-reactive ketones (excluding diaryl/α,β-unsaturated/α-hetero) is 2. The Morgan fingerprint density at radius 3 is 2.28 bits per heavy atom. The number of hydrogen-bond donors (Lipinski definition) is 1. The zero-order valence-electron chi connectivity index (χ0n) is 25.4. The van der Waals surface area contributed by atoms with Gasteiger partial charge in [-0.1, -0.05) is 48.6 Å². The van der Waals surface area contributed by atoms with E-state index in [0.29, 0.717) is 28.3 Å². The molecule has 230 valence electrons. The molecule has 4 aromatic rings. The van der Waals surface area contributed by atoms with E-state index in [1.165, 1.54) is 21.1 Å².